The van der Waals surface area contributed by atoms with E-state index in [-0.39, 0.29) is 18.2 Å². The molecule has 2 unspecified atom stereocenters. The predicted molar refractivity (Wildman–Crippen MR) is 113 cm³/mol. The van der Waals surface area contributed by atoms with Crippen LogP contribution < -0.4 is 5.32 Å². The molecule has 3 heteroatoms. The summed E-state index contributed by atoms with van der Waals surface area (Å²) in [5.41, 5.74) is 4.28. The van der Waals surface area contributed by atoms with E-state index in [0.717, 1.165) is 44.9 Å². The fourth-order valence-electron chi connectivity index (χ4n) is 2.48. The fraction of sp³-hybridized carbons (Fsp3) is 0.696. The van der Waals surface area contributed by atoms with Crippen molar-refractivity contribution in [1.29, 1.82) is 0 Å². The zero-order valence-corrected chi connectivity index (χ0v) is 18.2. The smallest absolute Gasteiger partial charge is 0.407 e. The molecule has 0 rings (SSSR count). The number of amides is 1. The molecule has 0 spiro atoms. The second-order valence-corrected chi connectivity index (χ2v) is 7.71. The van der Waals surface area contributed by atoms with Crippen LogP contribution in [-0.4, -0.2) is 18.2 Å². The van der Waals surface area contributed by atoms with Crippen LogP contribution in [0.25, 0.3) is 0 Å². The standard InChI is InChI=1S/C23H41NO2/c1-8-21(6)24-23(25)26-22(7)17-11-16-20(5)15-10-14-19(4)13-9-12-18(2)3/h12,14,16,21-22H,8-11,13,15,17H2,1-7H3,(H,24,25). The van der Waals surface area contributed by atoms with Gasteiger partial charge in [-0.15, -0.1) is 0 Å². The Morgan fingerprint density at radius 3 is 2.00 bits per heavy atom. The Morgan fingerprint density at radius 1 is 0.923 bits per heavy atom. The summed E-state index contributed by atoms with van der Waals surface area (Å²) in [4.78, 5) is 11.7. The Kier molecular flexibility index (Phi) is 13.8. The van der Waals surface area contributed by atoms with Gasteiger partial charge in [-0.2, -0.15) is 0 Å². The first-order valence-corrected chi connectivity index (χ1v) is 10.2. The molecule has 0 heterocycles. The maximum Gasteiger partial charge on any atom is 0.407 e. The Balaban J connectivity index is 3.99. The monoisotopic (exact) mass is 363 g/mol. The summed E-state index contributed by atoms with van der Waals surface area (Å²) in [6.07, 6.45) is 13.8. The van der Waals surface area contributed by atoms with Gasteiger partial charge in [0.25, 0.3) is 0 Å². The van der Waals surface area contributed by atoms with Crippen LogP contribution in [0, 0.1) is 0 Å². The summed E-state index contributed by atoms with van der Waals surface area (Å²) >= 11 is 0. The first-order valence-electron chi connectivity index (χ1n) is 10.2. The van der Waals surface area contributed by atoms with E-state index in [9.17, 15) is 4.79 Å². The number of alkyl carbamates (subject to hydrolysis) is 1. The highest BCUT2D eigenvalue weighted by Gasteiger charge is 2.10. The molecule has 0 fully saturated rings. The van der Waals surface area contributed by atoms with Crippen molar-refractivity contribution in [1.82, 2.24) is 5.32 Å². The van der Waals surface area contributed by atoms with Crippen LogP contribution in [0.2, 0.25) is 0 Å². The van der Waals surface area contributed by atoms with Gasteiger partial charge in [-0.25, -0.2) is 4.79 Å². The van der Waals surface area contributed by atoms with Crippen molar-refractivity contribution in [2.24, 2.45) is 0 Å². The second kappa shape index (κ2) is 14.6. The Hall–Kier alpha value is -1.51. The summed E-state index contributed by atoms with van der Waals surface area (Å²) in [5.74, 6) is 0. The van der Waals surface area contributed by atoms with Crippen LogP contribution >= 0.6 is 0 Å². The normalized spacial score (nSPS) is 14.6. The van der Waals surface area contributed by atoms with Gasteiger partial charge in [0.15, 0.2) is 0 Å². The quantitative estimate of drug-likeness (QED) is 0.375. The molecule has 0 aliphatic rings. The average molecular weight is 364 g/mol. The molecule has 0 aliphatic heterocycles. The molecule has 1 amide bonds. The van der Waals surface area contributed by atoms with E-state index in [1.165, 1.54) is 16.7 Å². The van der Waals surface area contributed by atoms with E-state index in [0.29, 0.717) is 0 Å². The molecule has 2 atom stereocenters. The number of carbonyl (C=O) groups is 1. The van der Waals surface area contributed by atoms with Gasteiger partial charge in [-0.05, 0) is 86.5 Å². The first kappa shape index (κ1) is 24.5. The lowest BCUT2D eigenvalue weighted by atomic mass is 10.1. The van der Waals surface area contributed by atoms with E-state index in [1.54, 1.807) is 0 Å². The molecule has 0 aromatic carbocycles. The fourth-order valence-corrected chi connectivity index (χ4v) is 2.48. The molecule has 0 aromatic rings. The van der Waals surface area contributed by atoms with E-state index in [4.69, 9.17) is 4.74 Å². The minimum Gasteiger partial charge on any atom is -0.447 e. The van der Waals surface area contributed by atoms with Crippen molar-refractivity contribution >= 4 is 6.09 Å². The highest BCUT2D eigenvalue weighted by atomic mass is 16.6. The topological polar surface area (TPSA) is 38.3 Å². The molecule has 0 bridgehead atoms. The molecule has 0 radical (unpaired) electrons. The van der Waals surface area contributed by atoms with Gasteiger partial charge < -0.3 is 10.1 Å². The molecular formula is C23H41NO2. The zero-order valence-electron chi connectivity index (χ0n) is 18.2. The van der Waals surface area contributed by atoms with Gasteiger partial charge in [0.05, 0.1) is 0 Å². The molecule has 1 N–H and O–H groups in total. The van der Waals surface area contributed by atoms with E-state index >= 15 is 0 Å². The summed E-state index contributed by atoms with van der Waals surface area (Å²) < 4.78 is 5.38. The molecule has 3 nitrogen and oxygen atoms in total. The molecule has 26 heavy (non-hydrogen) atoms. The number of rotatable bonds is 12. The zero-order chi connectivity index (χ0) is 19.9. The van der Waals surface area contributed by atoms with Gasteiger partial charge in [0.1, 0.15) is 6.10 Å². The van der Waals surface area contributed by atoms with Crippen molar-refractivity contribution in [2.45, 2.75) is 106 Å². The third-order valence-electron chi connectivity index (χ3n) is 4.47. The number of carbonyl (C=O) groups excluding carboxylic acids is 1. The molecule has 0 aromatic heterocycles. The van der Waals surface area contributed by atoms with Crippen molar-refractivity contribution in [3.05, 3.63) is 34.9 Å². The van der Waals surface area contributed by atoms with E-state index in [2.05, 4.69) is 51.2 Å². The Labute approximate surface area is 162 Å². The van der Waals surface area contributed by atoms with Crippen LogP contribution in [0.4, 0.5) is 4.79 Å². The van der Waals surface area contributed by atoms with Crippen molar-refractivity contribution in [2.75, 3.05) is 0 Å². The SMILES string of the molecule is CCC(C)NC(=O)OC(C)CCC=C(C)CCC=C(C)CCC=C(C)C. The van der Waals surface area contributed by atoms with Gasteiger partial charge in [0, 0.05) is 6.04 Å². The summed E-state index contributed by atoms with van der Waals surface area (Å²) in [7, 11) is 0. The third-order valence-corrected chi connectivity index (χ3v) is 4.47. The van der Waals surface area contributed by atoms with Crippen LogP contribution in [0.15, 0.2) is 34.9 Å². The lowest BCUT2D eigenvalue weighted by molar-refractivity contribution is 0.0999. The molecular weight excluding hydrogens is 322 g/mol. The second-order valence-electron chi connectivity index (χ2n) is 7.71. The minimum absolute atomic E-state index is 0.0553. The maximum absolute atomic E-state index is 11.7. The van der Waals surface area contributed by atoms with E-state index < -0.39 is 0 Å². The molecule has 0 aliphatic carbocycles. The van der Waals surface area contributed by atoms with Gasteiger partial charge in [-0.3, -0.25) is 0 Å². The third kappa shape index (κ3) is 14.8. The summed E-state index contributed by atoms with van der Waals surface area (Å²) in [6, 6.07) is 0.162. The largest absolute Gasteiger partial charge is 0.447 e. The van der Waals surface area contributed by atoms with Gasteiger partial charge in [0.2, 0.25) is 0 Å². The number of nitrogens with one attached hydrogen (secondary N) is 1. The van der Waals surface area contributed by atoms with Crippen molar-refractivity contribution in [3.63, 3.8) is 0 Å². The summed E-state index contributed by atoms with van der Waals surface area (Å²) in [5, 5.41) is 2.83. The lowest BCUT2D eigenvalue weighted by Crippen LogP contribution is -2.34. The predicted octanol–water partition coefficient (Wildman–Crippen LogP) is 7.10. The van der Waals surface area contributed by atoms with Gasteiger partial charge in [-0.1, -0.05) is 41.9 Å². The Morgan fingerprint density at radius 2 is 1.46 bits per heavy atom. The molecule has 0 saturated heterocycles. The molecule has 0 saturated carbocycles. The minimum atomic E-state index is -0.304. The maximum atomic E-state index is 11.7. The first-order chi connectivity index (χ1) is 12.2. The Bertz CT molecular complexity index is 484. The van der Waals surface area contributed by atoms with E-state index in [1.807, 2.05) is 20.8 Å². The van der Waals surface area contributed by atoms with Gasteiger partial charge >= 0.3 is 6.09 Å². The summed E-state index contributed by atoms with van der Waals surface area (Å²) in [6.45, 7) is 14.7. The lowest BCUT2D eigenvalue weighted by Gasteiger charge is -2.16. The van der Waals surface area contributed by atoms with Crippen molar-refractivity contribution in [3.8, 4) is 0 Å². The highest BCUT2D eigenvalue weighted by molar-refractivity contribution is 5.67. The number of ether oxygens (including phenoxy) is 1. The highest BCUT2D eigenvalue weighted by Crippen LogP contribution is 2.13. The van der Waals surface area contributed by atoms with Crippen LogP contribution in [0.5, 0.6) is 0 Å². The number of hydrogen-bond donors (Lipinski definition) is 1. The number of hydrogen-bond acceptors (Lipinski definition) is 2. The van der Waals surface area contributed by atoms with Crippen LogP contribution in [-0.2, 0) is 4.74 Å². The van der Waals surface area contributed by atoms with Crippen molar-refractivity contribution < 1.29 is 9.53 Å². The number of allylic oxidation sites excluding steroid dienone is 6. The van der Waals surface area contributed by atoms with Crippen LogP contribution in [0.1, 0.15) is 93.4 Å². The van der Waals surface area contributed by atoms with Crippen LogP contribution in [0.3, 0.4) is 0 Å². The molecule has 150 valence electrons. The average Bonchev–Trinajstić information content (AvgIpc) is 2.54.